The molecule has 6 heteroatoms. The van der Waals surface area contributed by atoms with Gasteiger partial charge in [-0.25, -0.2) is 0 Å². The van der Waals surface area contributed by atoms with Gasteiger partial charge >= 0.3 is 0 Å². The van der Waals surface area contributed by atoms with Gasteiger partial charge in [0, 0.05) is 17.3 Å². The molecule has 2 aromatic carbocycles. The van der Waals surface area contributed by atoms with E-state index in [2.05, 4.69) is 10.6 Å². The molecule has 3 rings (SSSR count). The summed E-state index contributed by atoms with van der Waals surface area (Å²) in [5.74, 6) is 0.0909. The van der Waals surface area contributed by atoms with Crippen molar-refractivity contribution in [1.29, 1.82) is 0 Å². The average Bonchev–Trinajstić information content (AvgIpc) is 3.46. The van der Waals surface area contributed by atoms with Crippen LogP contribution in [0.3, 0.4) is 0 Å². The van der Waals surface area contributed by atoms with Crippen molar-refractivity contribution in [2.45, 2.75) is 19.8 Å². The van der Waals surface area contributed by atoms with Crippen LogP contribution in [0.4, 0.5) is 5.69 Å². The first-order valence-corrected chi connectivity index (χ1v) is 9.33. The van der Waals surface area contributed by atoms with E-state index in [9.17, 15) is 9.59 Å². The predicted octanol–water partition coefficient (Wildman–Crippen LogP) is 3.59. The van der Waals surface area contributed by atoms with E-state index in [-0.39, 0.29) is 23.7 Å². The van der Waals surface area contributed by atoms with Gasteiger partial charge in [0.15, 0.2) is 0 Å². The number of carbonyl (C=O) groups excluding carboxylic acids is 2. The summed E-state index contributed by atoms with van der Waals surface area (Å²) >= 11 is 6.07. The summed E-state index contributed by atoms with van der Waals surface area (Å²) in [6.07, 6.45) is 1.32. The van der Waals surface area contributed by atoms with Crippen molar-refractivity contribution in [3.63, 3.8) is 0 Å². The van der Waals surface area contributed by atoms with Gasteiger partial charge in [0.2, 0.25) is 11.8 Å². The van der Waals surface area contributed by atoms with Gasteiger partial charge in [-0.1, -0.05) is 29.8 Å². The molecule has 0 saturated heterocycles. The molecule has 142 valence electrons. The summed E-state index contributed by atoms with van der Waals surface area (Å²) < 4.78 is 5.13. The number of rotatable bonds is 7. The Morgan fingerprint density at radius 3 is 2.48 bits per heavy atom. The third-order valence-electron chi connectivity index (χ3n) is 4.78. The number of hydrogen-bond acceptors (Lipinski definition) is 3. The number of halogens is 1. The molecule has 2 amide bonds. The lowest BCUT2D eigenvalue weighted by molar-refractivity contribution is -0.125. The largest absolute Gasteiger partial charge is 0.497 e. The first kappa shape index (κ1) is 19.2. The number of nitrogens with one attached hydrogen (secondary N) is 2. The monoisotopic (exact) mass is 386 g/mol. The van der Waals surface area contributed by atoms with Crippen molar-refractivity contribution in [3.8, 4) is 5.75 Å². The minimum Gasteiger partial charge on any atom is -0.497 e. The SMILES string of the molecule is COc1ccc(CCNC(=O)C2CC2C(=O)Nc2ccc(C)c(Cl)c2)cc1. The van der Waals surface area contributed by atoms with E-state index in [1.807, 2.05) is 43.3 Å². The second-order valence-corrected chi connectivity index (χ2v) is 7.20. The summed E-state index contributed by atoms with van der Waals surface area (Å²) in [6, 6.07) is 13.1. The number of benzene rings is 2. The van der Waals surface area contributed by atoms with Crippen LogP contribution in [-0.4, -0.2) is 25.5 Å². The van der Waals surface area contributed by atoms with Crippen LogP contribution in [0.1, 0.15) is 17.5 Å². The molecule has 0 spiro atoms. The lowest BCUT2D eigenvalue weighted by Crippen LogP contribution is -2.29. The Balaban J connectivity index is 1.42. The van der Waals surface area contributed by atoms with Crippen LogP contribution in [-0.2, 0) is 16.0 Å². The van der Waals surface area contributed by atoms with E-state index in [1.54, 1.807) is 13.2 Å². The summed E-state index contributed by atoms with van der Waals surface area (Å²) in [7, 11) is 1.63. The number of ether oxygens (including phenoxy) is 1. The maximum atomic E-state index is 12.3. The number of carbonyl (C=O) groups is 2. The van der Waals surface area contributed by atoms with Gasteiger partial charge in [-0.2, -0.15) is 0 Å². The Kier molecular flexibility index (Phi) is 6.01. The first-order valence-electron chi connectivity index (χ1n) is 8.95. The van der Waals surface area contributed by atoms with Crippen molar-refractivity contribution >= 4 is 29.1 Å². The van der Waals surface area contributed by atoms with Crippen LogP contribution in [0.25, 0.3) is 0 Å². The molecule has 1 aliphatic rings. The number of anilines is 1. The van der Waals surface area contributed by atoms with Gasteiger partial charge in [0.05, 0.1) is 18.9 Å². The van der Waals surface area contributed by atoms with E-state index in [0.29, 0.717) is 23.7 Å². The Morgan fingerprint density at radius 2 is 1.81 bits per heavy atom. The van der Waals surface area contributed by atoms with Gasteiger partial charge in [-0.15, -0.1) is 0 Å². The van der Waals surface area contributed by atoms with Crippen LogP contribution >= 0.6 is 11.6 Å². The minimum absolute atomic E-state index is 0.0643. The molecule has 0 aliphatic heterocycles. The van der Waals surface area contributed by atoms with E-state index in [4.69, 9.17) is 16.3 Å². The molecule has 2 aromatic rings. The van der Waals surface area contributed by atoms with Gasteiger partial charge < -0.3 is 15.4 Å². The first-order chi connectivity index (χ1) is 13.0. The van der Waals surface area contributed by atoms with E-state index in [0.717, 1.165) is 23.3 Å². The summed E-state index contributed by atoms with van der Waals surface area (Å²) in [5, 5.41) is 6.36. The Bertz CT molecular complexity index is 836. The van der Waals surface area contributed by atoms with Crippen LogP contribution in [0, 0.1) is 18.8 Å². The summed E-state index contributed by atoms with van der Waals surface area (Å²) in [6.45, 7) is 2.45. The number of aryl methyl sites for hydroxylation is 1. The molecule has 1 fully saturated rings. The zero-order chi connectivity index (χ0) is 19.4. The fourth-order valence-electron chi connectivity index (χ4n) is 2.93. The molecule has 1 saturated carbocycles. The van der Waals surface area contributed by atoms with Crippen LogP contribution in [0.2, 0.25) is 5.02 Å². The quantitative estimate of drug-likeness (QED) is 0.764. The fourth-order valence-corrected chi connectivity index (χ4v) is 3.11. The van der Waals surface area contributed by atoms with E-state index < -0.39 is 0 Å². The maximum Gasteiger partial charge on any atom is 0.228 e. The van der Waals surface area contributed by atoms with Gasteiger partial charge in [-0.3, -0.25) is 9.59 Å². The Labute approximate surface area is 164 Å². The lowest BCUT2D eigenvalue weighted by Gasteiger charge is -2.08. The molecule has 1 aliphatic carbocycles. The van der Waals surface area contributed by atoms with Crippen molar-refractivity contribution < 1.29 is 14.3 Å². The number of amides is 2. The van der Waals surface area contributed by atoms with Gasteiger partial charge in [0.25, 0.3) is 0 Å². The molecule has 2 unspecified atom stereocenters. The zero-order valence-electron chi connectivity index (χ0n) is 15.4. The molecule has 0 bridgehead atoms. The number of methoxy groups -OCH3 is 1. The fraction of sp³-hybridized carbons (Fsp3) is 0.333. The molecule has 2 atom stereocenters. The Morgan fingerprint density at radius 1 is 1.11 bits per heavy atom. The highest BCUT2D eigenvalue weighted by Crippen LogP contribution is 2.39. The van der Waals surface area contributed by atoms with Crippen LogP contribution < -0.4 is 15.4 Å². The highest BCUT2D eigenvalue weighted by Gasteiger charge is 2.47. The number of hydrogen-bond donors (Lipinski definition) is 2. The molecule has 27 heavy (non-hydrogen) atoms. The Hall–Kier alpha value is -2.53. The average molecular weight is 387 g/mol. The molecule has 0 heterocycles. The molecule has 2 N–H and O–H groups in total. The van der Waals surface area contributed by atoms with Gasteiger partial charge in [0.1, 0.15) is 5.75 Å². The maximum absolute atomic E-state index is 12.3. The van der Waals surface area contributed by atoms with Crippen LogP contribution in [0.5, 0.6) is 5.75 Å². The van der Waals surface area contributed by atoms with E-state index in [1.165, 1.54) is 0 Å². The van der Waals surface area contributed by atoms with Crippen LogP contribution in [0.15, 0.2) is 42.5 Å². The summed E-state index contributed by atoms with van der Waals surface area (Å²) in [4.78, 5) is 24.5. The smallest absolute Gasteiger partial charge is 0.228 e. The topological polar surface area (TPSA) is 67.4 Å². The van der Waals surface area contributed by atoms with Crippen molar-refractivity contribution in [3.05, 3.63) is 58.6 Å². The molecular weight excluding hydrogens is 364 g/mol. The molecular formula is C21H23ClN2O3. The third-order valence-corrected chi connectivity index (χ3v) is 5.18. The lowest BCUT2D eigenvalue weighted by atomic mass is 10.1. The second kappa shape index (κ2) is 8.44. The second-order valence-electron chi connectivity index (χ2n) is 6.79. The molecule has 5 nitrogen and oxygen atoms in total. The standard InChI is InChI=1S/C21H23ClN2O3/c1-13-3-6-15(11-19(13)22)24-21(26)18-12-17(18)20(25)23-10-9-14-4-7-16(27-2)8-5-14/h3-8,11,17-18H,9-10,12H2,1-2H3,(H,23,25)(H,24,26). The van der Waals surface area contributed by atoms with E-state index >= 15 is 0 Å². The third kappa shape index (κ3) is 5.01. The highest BCUT2D eigenvalue weighted by atomic mass is 35.5. The summed E-state index contributed by atoms with van der Waals surface area (Å²) in [5.41, 5.74) is 2.73. The van der Waals surface area contributed by atoms with Gasteiger partial charge in [-0.05, 0) is 55.2 Å². The minimum atomic E-state index is -0.272. The highest BCUT2D eigenvalue weighted by molar-refractivity contribution is 6.31. The molecule has 0 radical (unpaired) electrons. The van der Waals surface area contributed by atoms with Crippen molar-refractivity contribution in [2.24, 2.45) is 11.8 Å². The molecule has 0 aromatic heterocycles. The van der Waals surface area contributed by atoms with Crippen molar-refractivity contribution in [2.75, 3.05) is 19.0 Å². The van der Waals surface area contributed by atoms with Crippen molar-refractivity contribution in [1.82, 2.24) is 5.32 Å². The zero-order valence-corrected chi connectivity index (χ0v) is 16.2. The normalized spacial score (nSPS) is 17.9. The predicted molar refractivity (Wildman–Crippen MR) is 106 cm³/mol.